The minimum Gasteiger partial charge on any atom is -0.339 e. The zero-order chi connectivity index (χ0) is 31.7. The number of fused-ring (bicyclic) bond motifs is 1. The van der Waals surface area contributed by atoms with Crippen molar-refractivity contribution < 1.29 is 9.72 Å². The Morgan fingerprint density at radius 1 is 1.16 bits per heavy atom. The Morgan fingerprint density at radius 2 is 1.86 bits per heavy atom. The number of aryl methyl sites for hydroxylation is 1. The van der Waals surface area contributed by atoms with Crippen LogP contribution in [0.15, 0.2) is 84.4 Å². The standard InChI is InChI=1S/C30H27ClN6O5S2/c1-5-35(6-2)28(40)25-17(4)33-30-36(26(25)19-8-10-20(31)11-9-19)27(39)23(44-30)15-18-7-12-22(21(14-18)37(41)42)43-29-32-16(3)13-24(38)34-29/h7-15,26H,5-6H2,1-4H3,(H,32,34,38)/b23-15-/t26-/m1/s1. The van der Waals surface area contributed by atoms with Gasteiger partial charge in [0, 0.05) is 35.9 Å². The van der Waals surface area contributed by atoms with E-state index >= 15 is 0 Å². The van der Waals surface area contributed by atoms with E-state index in [2.05, 4.69) is 15.0 Å². The molecule has 1 amide bonds. The lowest BCUT2D eigenvalue weighted by Gasteiger charge is -2.29. The van der Waals surface area contributed by atoms with E-state index in [4.69, 9.17) is 11.6 Å². The third kappa shape index (κ3) is 6.16. The maximum atomic E-state index is 14.0. The Morgan fingerprint density at radius 3 is 2.50 bits per heavy atom. The number of halogens is 1. The Hall–Kier alpha value is -4.33. The molecular formula is C30H27ClN6O5S2. The molecule has 0 bridgehead atoms. The summed E-state index contributed by atoms with van der Waals surface area (Å²) in [6.07, 6.45) is 1.57. The number of nitro benzene ring substituents is 1. The number of hydrogen-bond acceptors (Lipinski definition) is 9. The summed E-state index contributed by atoms with van der Waals surface area (Å²) in [5.41, 5.74) is 1.58. The number of carbonyl (C=O) groups excluding carboxylic acids is 1. The first-order valence-corrected chi connectivity index (χ1v) is 15.6. The van der Waals surface area contributed by atoms with Gasteiger partial charge in [-0.1, -0.05) is 41.1 Å². The molecule has 11 nitrogen and oxygen atoms in total. The number of nitrogens with zero attached hydrogens (tertiary/aromatic N) is 5. The molecule has 14 heteroatoms. The molecule has 0 fully saturated rings. The fraction of sp³-hybridized carbons (Fsp3) is 0.233. The summed E-state index contributed by atoms with van der Waals surface area (Å²) in [6.45, 7) is 8.19. The van der Waals surface area contributed by atoms with Crippen molar-refractivity contribution in [1.29, 1.82) is 0 Å². The van der Waals surface area contributed by atoms with Gasteiger partial charge in [0.15, 0.2) is 9.96 Å². The van der Waals surface area contributed by atoms with Gasteiger partial charge in [0.2, 0.25) is 0 Å². The number of rotatable bonds is 8. The first-order chi connectivity index (χ1) is 21.0. The Bertz CT molecular complexity index is 2060. The van der Waals surface area contributed by atoms with Crippen molar-refractivity contribution in [2.45, 2.75) is 43.8 Å². The van der Waals surface area contributed by atoms with E-state index in [1.54, 1.807) is 61.2 Å². The van der Waals surface area contributed by atoms with Crippen molar-refractivity contribution >= 4 is 52.4 Å². The molecule has 2 aromatic carbocycles. The van der Waals surface area contributed by atoms with Gasteiger partial charge in [0.05, 0.1) is 31.7 Å². The van der Waals surface area contributed by atoms with Crippen LogP contribution in [0.5, 0.6) is 0 Å². The second kappa shape index (κ2) is 12.7. The lowest BCUT2D eigenvalue weighted by molar-refractivity contribution is -0.387. The van der Waals surface area contributed by atoms with Gasteiger partial charge in [-0.2, -0.15) is 0 Å². The predicted octanol–water partition coefficient (Wildman–Crippen LogP) is 4.21. The number of thiazole rings is 1. The molecular weight excluding hydrogens is 624 g/mol. The monoisotopic (exact) mass is 650 g/mol. The van der Waals surface area contributed by atoms with Crippen LogP contribution < -0.4 is 20.5 Å². The third-order valence-electron chi connectivity index (χ3n) is 7.02. The number of aromatic amines is 1. The molecule has 1 atom stereocenters. The first-order valence-electron chi connectivity index (χ1n) is 13.6. The first kappa shape index (κ1) is 31.1. The highest BCUT2D eigenvalue weighted by atomic mass is 35.5. The van der Waals surface area contributed by atoms with Crippen molar-refractivity contribution in [1.82, 2.24) is 19.4 Å². The van der Waals surface area contributed by atoms with Crippen LogP contribution in [0.1, 0.15) is 43.6 Å². The lowest BCUT2D eigenvalue weighted by atomic mass is 9.94. The normalized spacial score (nSPS) is 14.8. The van der Waals surface area contributed by atoms with E-state index in [0.717, 1.165) is 23.1 Å². The number of allylic oxidation sites excluding steroid dienone is 1. The minimum atomic E-state index is -0.740. The smallest absolute Gasteiger partial charge is 0.283 e. The van der Waals surface area contributed by atoms with Crippen molar-refractivity contribution in [3.8, 4) is 0 Å². The Labute approximate surface area is 264 Å². The van der Waals surface area contributed by atoms with Crippen LogP contribution in [0.3, 0.4) is 0 Å². The van der Waals surface area contributed by atoms with Gasteiger partial charge in [-0.15, -0.1) is 0 Å². The number of likely N-dealkylation sites (N-methyl/N-ethyl adjacent to an activating group) is 1. The second-order valence-electron chi connectivity index (χ2n) is 9.89. The quantitative estimate of drug-likeness (QED) is 0.171. The summed E-state index contributed by atoms with van der Waals surface area (Å²) < 4.78 is 1.80. The number of hydrogen-bond donors (Lipinski definition) is 1. The van der Waals surface area contributed by atoms with Crippen molar-refractivity contribution in [3.63, 3.8) is 0 Å². The molecule has 0 radical (unpaired) electrons. The van der Waals surface area contributed by atoms with E-state index in [1.165, 1.54) is 16.7 Å². The number of amides is 1. The number of nitrogens with one attached hydrogen (secondary N) is 1. The lowest BCUT2D eigenvalue weighted by Crippen LogP contribution is -2.43. The third-order valence-corrected chi connectivity index (χ3v) is 9.21. The summed E-state index contributed by atoms with van der Waals surface area (Å²) in [7, 11) is 0. The van der Waals surface area contributed by atoms with Crippen LogP contribution >= 0.6 is 34.7 Å². The molecule has 0 spiro atoms. The van der Waals surface area contributed by atoms with E-state index < -0.39 is 11.0 Å². The zero-order valence-electron chi connectivity index (χ0n) is 24.2. The number of aromatic nitrogens is 3. The fourth-order valence-electron chi connectivity index (χ4n) is 4.95. The molecule has 1 aliphatic rings. The van der Waals surface area contributed by atoms with Crippen LogP contribution in [-0.2, 0) is 4.79 Å². The van der Waals surface area contributed by atoms with Crippen molar-refractivity contribution in [2.75, 3.05) is 13.1 Å². The summed E-state index contributed by atoms with van der Waals surface area (Å²) >= 11 is 8.26. The van der Waals surface area contributed by atoms with Gasteiger partial charge in [-0.25, -0.2) is 9.98 Å². The van der Waals surface area contributed by atoms with Crippen molar-refractivity contribution in [2.24, 2.45) is 4.99 Å². The summed E-state index contributed by atoms with van der Waals surface area (Å²) in [5, 5.41) is 12.7. The van der Waals surface area contributed by atoms with E-state index in [9.17, 15) is 24.5 Å². The fourth-order valence-corrected chi connectivity index (χ4v) is 7.04. The molecule has 5 rings (SSSR count). The van der Waals surface area contributed by atoms with Crippen molar-refractivity contribution in [3.05, 3.63) is 122 Å². The topological polar surface area (TPSA) is 144 Å². The number of nitro groups is 1. The molecule has 0 unspecified atom stereocenters. The molecule has 0 saturated carbocycles. The highest BCUT2D eigenvalue weighted by molar-refractivity contribution is 7.99. The molecule has 1 aliphatic heterocycles. The van der Waals surface area contributed by atoms with Gasteiger partial charge in [-0.05, 0) is 74.9 Å². The minimum absolute atomic E-state index is 0.206. The molecule has 1 N–H and O–H groups in total. The molecule has 4 aromatic rings. The number of H-pyrrole nitrogens is 1. The predicted molar refractivity (Wildman–Crippen MR) is 170 cm³/mol. The Kier molecular flexibility index (Phi) is 9.00. The highest BCUT2D eigenvalue weighted by Gasteiger charge is 2.34. The van der Waals surface area contributed by atoms with Gasteiger partial charge in [0.1, 0.15) is 0 Å². The summed E-state index contributed by atoms with van der Waals surface area (Å²) in [6, 6.07) is 12.2. The van der Waals surface area contributed by atoms with E-state index in [1.807, 2.05) is 13.8 Å². The van der Waals surface area contributed by atoms with Gasteiger partial charge < -0.3 is 9.88 Å². The largest absolute Gasteiger partial charge is 0.339 e. The maximum Gasteiger partial charge on any atom is 0.283 e. The second-order valence-corrected chi connectivity index (χ2v) is 12.4. The Balaban J connectivity index is 1.63. The SMILES string of the molecule is CCN(CC)C(=O)C1=C(C)N=c2s/c(=C\c3ccc(Sc4nc(C)cc(=O)[nH]4)c([N+](=O)[O-])c3)c(=O)n2[C@@H]1c1ccc(Cl)cc1. The van der Waals surface area contributed by atoms with Crippen LogP contribution in [0, 0.1) is 17.0 Å². The maximum absolute atomic E-state index is 14.0. The molecule has 0 saturated heterocycles. The molecule has 3 heterocycles. The average Bonchev–Trinajstić information content (AvgIpc) is 3.27. The molecule has 44 heavy (non-hydrogen) atoms. The number of carbonyl (C=O) groups is 1. The van der Waals surface area contributed by atoms with Gasteiger partial charge in [-0.3, -0.25) is 29.1 Å². The van der Waals surface area contributed by atoms with Crippen LogP contribution in [0.4, 0.5) is 5.69 Å². The molecule has 2 aromatic heterocycles. The van der Waals surface area contributed by atoms with E-state index in [0.29, 0.717) is 55.5 Å². The average molecular weight is 651 g/mol. The zero-order valence-corrected chi connectivity index (χ0v) is 26.5. The van der Waals surface area contributed by atoms with Crippen LogP contribution in [0.25, 0.3) is 6.08 Å². The molecule has 0 aliphatic carbocycles. The number of benzene rings is 2. The van der Waals surface area contributed by atoms with Gasteiger partial charge in [0.25, 0.3) is 22.7 Å². The van der Waals surface area contributed by atoms with Crippen LogP contribution in [0.2, 0.25) is 5.02 Å². The van der Waals surface area contributed by atoms with Crippen LogP contribution in [-0.4, -0.2) is 43.4 Å². The van der Waals surface area contributed by atoms with Gasteiger partial charge >= 0.3 is 0 Å². The summed E-state index contributed by atoms with van der Waals surface area (Å²) in [4.78, 5) is 64.9. The van der Waals surface area contributed by atoms with E-state index in [-0.39, 0.29) is 32.8 Å². The highest BCUT2D eigenvalue weighted by Crippen LogP contribution is 2.34. The summed E-state index contributed by atoms with van der Waals surface area (Å²) in [5.74, 6) is -0.210. The molecule has 226 valence electrons.